The van der Waals surface area contributed by atoms with E-state index in [1.165, 1.54) is 11.4 Å². The first-order valence-electron chi connectivity index (χ1n) is 8.21. The van der Waals surface area contributed by atoms with Gasteiger partial charge in [0.15, 0.2) is 6.10 Å². The van der Waals surface area contributed by atoms with Crippen molar-refractivity contribution in [3.05, 3.63) is 43.0 Å². The Labute approximate surface area is 153 Å². The van der Waals surface area contributed by atoms with Gasteiger partial charge in [0.2, 0.25) is 10.0 Å². The molecule has 1 atom stereocenters. The normalized spacial score (nSPS) is 12.4. The lowest BCUT2D eigenvalue weighted by Gasteiger charge is -2.18. The van der Waals surface area contributed by atoms with Crippen molar-refractivity contribution in [2.45, 2.75) is 26.0 Å². The van der Waals surface area contributed by atoms with Gasteiger partial charge < -0.3 is 14.6 Å². The maximum Gasteiger partial charge on any atom is 0.260 e. The van der Waals surface area contributed by atoms with Crippen LogP contribution < -0.4 is 14.4 Å². The summed E-state index contributed by atoms with van der Waals surface area (Å²) in [5.74, 6) is 0.296. The molecule has 1 N–H and O–H groups in total. The molecule has 8 nitrogen and oxygen atoms in total. The molecule has 9 heteroatoms. The van der Waals surface area contributed by atoms with Crippen LogP contribution in [0.5, 0.6) is 5.75 Å². The Balaban J connectivity index is 1.79. The van der Waals surface area contributed by atoms with Crippen molar-refractivity contribution in [1.29, 1.82) is 0 Å². The number of imidazole rings is 1. The van der Waals surface area contributed by atoms with E-state index in [0.29, 0.717) is 18.0 Å². The van der Waals surface area contributed by atoms with E-state index < -0.39 is 16.1 Å². The molecule has 2 rings (SSSR count). The predicted molar refractivity (Wildman–Crippen MR) is 99.6 cm³/mol. The van der Waals surface area contributed by atoms with Gasteiger partial charge in [0.25, 0.3) is 5.91 Å². The number of carbonyl (C=O) groups excluding carboxylic acids is 1. The lowest BCUT2D eigenvalue weighted by molar-refractivity contribution is -0.127. The smallest absolute Gasteiger partial charge is 0.260 e. The molecule has 0 aliphatic carbocycles. The molecule has 1 heterocycles. The Hall–Kier alpha value is -2.55. The quantitative estimate of drug-likeness (QED) is 0.661. The van der Waals surface area contributed by atoms with E-state index in [1.807, 2.05) is 10.8 Å². The fourth-order valence-corrected chi connectivity index (χ4v) is 2.72. The van der Waals surface area contributed by atoms with Crippen molar-refractivity contribution >= 4 is 21.6 Å². The number of hydrogen-bond donors (Lipinski definition) is 1. The number of nitrogens with one attached hydrogen (secondary N) is 1. The number of nitrogens with zero attached hydrogens (tertiary/aromatic N) is 3. The Morgan fingerprint density at radius 3 is 2.62 bits per heavy atom. The van der Waals surface area contributed by atoms with Crippen LogP contribution in [0, 0.1) is 0 Å². The molecule has 0 saturated carbocycles. The third-order valence-electron chi connectivity index (χ3n) is 3.83. The highest BCUT2D eigenvalue weighted by molar-refractivity contribution is 7.92. The Kier molecular flexibility index (Phi) is 6.62. The third kappa shape index (κ3) is 5.76. The van der Waals surface area contributed by atoms with Crippen LogP contribution in [-0.4, -0.2) is 49.8 Å². The van der Waals surface area contributed by atoms with Crippen molar-refractivity contribution in [3.8, 4) is 5.75 Å². The van der Waals surface area contributed by atoms with Gasteiger partial charge in [-0.25, -0.2) is 13.4 Å². The number of rotatable bonds is 9. The summed E-state index contributed by atoms with van der Waals surface area (Å²) in [6.07, 6.45) is 6.60. The second kappa shape index (κ2) is 8.70. The van der Waals surface area contributed by atoms with E-state index in [9.17, 15) is 13.2 Å². The molecule has 1 amide bonds. The number of sulfonamides is 1. The van der Waals surface area contributed by atoms with Gasteiger partial charge in [-0.3, -0.25) is 9.10 Å². The molecule has 0 fully saturated rings. The zero-order valence-corrected chi connectivity index (χ0v) is 15.9. The van der Waals surface area contributed by atoms with Gasteiger partial charge in [-0.2, -0.15) is 0 Å². The summed E-state index contributed by atoms with van der Waals surface area (Å²) in [5.41, 5.74) is 0.524. The summed E-state index contributed by atoms with van der Waals surface area (Å²) in [7, 11) is -1.83. The average molecular weight is 380 g/mol. The SMILES string of the molecule is CC(Oc1ccc(N(C)S(C)(=O)=O)cc1)C(=O)NCCCn1ccnc1. The van der Waals surface area contributed by atoms with Crippen LogP contribution in [0.1, 0.15) is 13.3 Å². The largest absolute Gasteiger partial charge is 0.481 e. The van der Waals surface area contributed by atoms with Crippen LogP contribution in [0.25, 0.3) is 0 Å². The van der Waals surface area contributed by atoms with Crippen molar-refractivity contribution < 1.29 is 17.9 Å². The first kappa shape index (κ1) is 19.8. The van der Waals surface area contributed by atoms with Crippen molar-refractivity contribution in [2.24, 2.45) is 0 Å². The summed E-state index contributed by atoms with van der Waals surface area (Å²) in [6.45, 7) is 3.00. The maximum atomic E-state index is 12.1. The zero-order valence-electron chi connectivity index (χ0n) is 15.1. The lowest BCUT2D eigenvalue weighted by atomic mass is 10.3. The molecule has 1 aromatic heterocycles. The molecule has 1 aromatic carbocycles. The van der Waals surface area contributed by atoms with E-state index in [-0.39, 0.29) is 5.91 Å². The minimum absolute atomic E-state index is 0.201. The molecule has 1 unspecified atom stereocenters. The number of aryl methyl sites for hydroxylation is 1. The highest BCUT2D eigenvalue weighted by atomic mass is 32.2. The Morgan fingerprint density at radius 1 is 1.35 bits per heavy atom. The van der Waals surface area contributed by atoms with Crippen LogP contribution in [0.2, 0.25) is 0 Å². The Morgan fingerprint density at radius 2 is 2.04 bits per heavy atom. The zero-order chi connectivity index (χ0) is 19.2. The fourth-order valence-electron chi connectivity index (χ4n) is 2.22. The fraction of sp³-hybridized carbons (Fsp3) is 0.412. The molecule has 2 aromatic rings. The van der Waals surface area contributed by atoms with Crippen LogP contribution in [-0.2, 0) is 21.4 Å². The number of aromatic nitrogens is 2. The standard InChI is InChI=1S/C17H24N4O4S/c1-14(17(22)19-9-4-11-21-12-10-18-13-21)25-16-7-5-15(6-8-16)20(2)26(3,23)24/h5-8,10,12-14H,4,9,11H2,1-3H3,(H,19,22). The summed E-state index contributed by atoms with van der Waals surface area (Å²) in [5, 5.41) is 2.83. The predicted octanol–water partition coefficient (Wildman–Crippen LogP) is 1.25. The summed E-state index contributed by atoms with van der Waals surface area (Å²) in [4.78, 5) is 16.0. The van der Waals surface area contributed by atoms with E-state index >= 15 is 0 Å². The molecular formula is C17H24N4O4S. The first-order valence-corrected chi connectivity index (χ1v) is 10.1. The average Bonchev–Trinajstić information content (AvgIpc) is 3.11. The summed E-state index contributed by atoms with van der Waals surface area (Å²) >= 11 is 0. The summed E-state index contributed by atoms with van der Waals surface area (Å²) < 4.78 is 31.8. The second-order valence-corrected chi connectivity index (χ2v) is 7.94. The van der Waals surface area contributed by atoms with Crippen molar-refractivity contribution in [3.63, 3.8) is 0 Å². The number of ether oxygens (including phenoxy) is 1. The molecule has 26 heavy (non-hydrogen) atoms. The van der Waals surface area contributed by atoms with E-state index in [2.05, 4.69) is 10.3 Å². The van der Waals surface area contributed by atoms with Gasteiger partial charge in [-0.05, 0) is 37.6 Å². The van der Waals surface area contributed by atoms with Gasteiger partial charge >= 0.3 is 0 Å². The van der Waals surface area contributed by atoms with Gasteiger partial charge in [0.05, 0.1) is 18.3 Å². The van der Waals surface area contributed by atoms with Gasteiger partial charge in [0.1, 0.15) is 5.75 Å². The number of anilines is 1. The molecule has 0 saturated heterocycles. The molecule has 0 aliphatic heterocycles. The Bertz CT molecular complexity index is 804. The van der Waals surface area contributed by atoms with Crippen molar-refractivity contribution in [1.82, 2.24) is 14.9 Å². The van der Waals surface area contributed by atoms with Gasteiger partial charge in [-0.1, -0.05) is 0 Å². The summed E-state index contributed by atoms with van der Waals surface area (Å²) in [6, 6.07) is 6.54. The van der Waals surface area contributed by atoms with Crippen LogP contribution in [0.3, 0.4) is 0 Å². The van der Waals surface area contributed by atoms with E-state index in [4.69, 9.17) is 4.74 Å². The number of benzene rings is 1. The number of carbonyl (C=O) groups is 1. The molecular weight excluding hydrogens is 356 g/mol. The topological polar surface area (TPSA) is 93.5 Å². The number of amides is 1. The lowest BCUT2D eigenvalue weighted by Crippen LogP contribution is -2.37. The van der Waals surface area contributed by atoms with Crippen LogP contribution in [0.4, 0.5) is 5.69 Å². The molecule has 142 valence electrons. The van der Waals surface area contributed by atoms with Gasteiger partial charge in [0, 0.05) is 32.5 Å². The minimum atomic E-state index is -3.31. The van der Waals surface area contributed by atoms with Gasteiger partial charge in [-0.15, -0.1) is 0 Å². The monoisotopic (exact) mass is 380 g/mol. The third-order valence-corrected chi connectivity index (χ3v) is 5.04. The second-order valence-electron chi connectivity index (χ2n) is 5.93. The first-order chi connectivity index (χ1) is 12.3. The van der Waals surface area contributed by atoms with Crippen molar-refractivity contribution in [2.75, 3.05) is 24.2 Å². The minimum Gasteiger partial charge on any atom is -0.481 e. The molecule has 0 radical (unpaired) electrons. The molecule has 0 aliphatic rings. The highest BCUT2D eigenvalue weighted by Gasteiger charge is 2.15. The van der Waals surface area contributed by atoms with E-state index in [1.54, 1.807) is 43.7 Å². The van der Waals surface area contributed by atoms with Crippen LogP contribution in [0.15, 0.2) is 43.0 Å². The van der Waals surface area contributed by atoms with E-state index in [0.717, 1.165) is 19.2 Å². The van der Waals surface area contributed by atoms with Crippen LogP contribution >= 0.6 is 0 Å². The highest BCUT2D eigenvalue weighted by Crippen LogP contribution is 2.21. The maximum absolute atomic E-state index is 12.1. The molecule has 0 spiro atoms. The number of hydrogen-bond acceptors (Lipinski definition) is 5. The molecule has 0 bridgehead atoms.